The second kappa shape index (κ2) is 9.61. The van der Waals surface area contributed by atoms with Gasteiger partial charge in [-0.15, -0.1) is 11.8 Å². The number of nitrogens with one attached hydrogen (secondary N) is 1. The molecule has 1 N–H and O–H groups in total. The summed E-state index contributed by atoms with van der Waals surface area (Å²) in [5.74, 6) is 0.794. The van der Waals surface area contributed by atoms with Gasteiger partial charge in [0.15, 0.2) is 0 Å². The molecular weight excluding hydrogens is 394 g/mol. The summed E-state index contributed by atoms with van der Waals surface area (Å²) in [4.78, 5) is 19.2. The van der Waals surface area contributed by atoms with Crippen LogP contribution >= 0.6 is 23.4 Å². The molecule has 0 fully saturated rings. The Bertz CT molecular complexity index is 884. The highest BCUT2D eigenvalue weighted by Crippen LogP contribution is 2.21. The molecule has 1 atom stereocenters. The van der Waals surface area contributed by atoms with Crippen LogP contribution in [0.15, 0.2) is 66.1 Å². The highest BCUT2D eigenvalue weighted by Gasteiger charge is 2.17. The minimum absolute atomic E-state index is 0.0475. The average molecular weight is 416 g/mol. The van der Waals surface area contributed by atoms with Crippen molar-refractivity contribution in [2.24, 2.45) is 0 Å². The zero-order chi connectivity index (χ0) is 19.9. The number of carbonyl (C=O) groups is 1. The Morgan fingerprint density at radius 1 is 1.21 bits per heavy atom. The Morgan fingerprint density at radius 2 is 1.93 bits per heavy atom. The molecule has 0 radical (unpaired) electrons. The Kier molecular flexibility index (Phi) is 6.95. The zero-order valence-electron chi connectivity index (χ0n) is 15.7. The quantitative estimate of drug-likeness (QED) is 0.458. The van der Waals surface area contributed by atoms with Crippen LogP contribution in [-0.4, -0.2) is 45.0 Å². The van der Waals surface area contributed by atoms with Gasteiger partial charge in [0, 0.05) is 29.3 Å². The number of aromatic nitrogens is 3. The maximum absolute atomic E-state index is 12.4. The third kappa shape index (κ3) is 5.27. The molecule has 8 heteroatoms. The Hall–Kier alpha value is -2.51. The van der Waals surface area contributed by atoms with Gasteiger partial charge in [-0.1, -0.05) is 23.7 Å². The van der Waals surface area contributed by atoms with E-state index >= 15 is 0 Å². The maximum Gasteiger partial charge on any atom is 0.317 e. The monoisotopic (exact) mass is 415 g/mol. The van der Waals surface area contributed by atoms with Crippen LogP contribution < -0.4 is 5.32 Å². The van der Waals surface area contributed by atoms with Gasteiger partial charge in [-0.3, -0.25) is 0 Å². The van der Waals surface area contributed by atoms with E-state index in [2.05, 4.69) is 15.4 Å². The SMILES string of the molecule is C[C@H](c1ccc(-n2cncn2)cc1)N(C)C(=O)NCCSc1ccc(Cl)cc1. The Labute approximate surface area is 173 Å². The van der Waals surface area contributed by atoms with Crippen LogP contribution in [0.25, 0.3) is 5.69 Å². The van der Waals surface area contributed by atoms with Gasteiger partial charge < -0.3 is 10.2 Å². The summed E-state index contributed by atoms with van der Waals surface area (Å²) in [6.07, 6.45) is 3.15. The standard InChI is InChI=1S/C20H22ClN5OS/c1-15(16-3-7-18(8-4-16)26-14-22-13-24-26)25(2)20(27)23-11-12-28-19-9-5-17(21)6-10-19/h3-10,13-15H,11-12H2,1-2H3,(H,23,27)/t15-/m1/s1. The number of rotatable bonds is 7. The predicted octanol–water partition coefficient (Wildman–Crippen LogP) is 4.42. The topological polar surface area (TPSA) is 63.1 Å². The number of nitrogens with zero attached hydrogens (tertiary/aromatic N) is 4. The second-order valence-corrected chi connectivity index (χ2v) is 7.86. The molecule has 2 amide bonds. The molecule has 6 nitrogen and oxygen atoms in total. The number of urea groups is 1. The van der Waals surface area contributed by atoms with Crippen molar-refractivity contribution in [1.29, 1.82) is 0 Å². The summed E-state index contributed by atoms with van der Waals surface area (Å²) in [7, 11) is 1.80. The lowest BCUT2D eigenvalue weighted by Gasteiger charge is -2.25. The fourth-order valence-corrected chi connectivity index (χ4v) is 3.52. The first-order valence-corrected chi connectivity index (χ1v) is 10.2. The van der Waals surface area contributed by atoms with E-state index in [1.165, 1.54) is 6.33 Å². The van der Waals surface area contributed by atoms with E-state index in [1.54, 1.807) is 34.7 Å². The summed E-state index contributed by atoms with van der Waals surface area (Å²) < 4.78 is 1.70. The van der Waals surface area contributed by atoms with E-state index < -0.39 is 0 Å². The van der Waals surface area contributed by atoms with E-state index in [0.29, 0.717) is 6.54 Å². The zero-order valence-corrected chi connectivity index (χ0v) is 17.3. The van der Waals surface area contributed by atoms with E-state index in [1.807, 2.05) is 55.5 Å². The minimum atomic E-state index is -0.0930. The molecule has 1 aromatic heterocycles. The summed E-state index contributed by atoms with van der Waals surface area (Å²) in [6.45, 7) is 2.60. The summed E-state index contributed by atoms with van der Waals surface area (Å²) in [6, 6.07) is 15.5. The molecule has 1 heterocycles. The third-order valence-corrected chi connectivity index (χ3v) is 5.69. The van der Waals surface area contributed by atoms with Crippen molar-refractivity contribution in [3.63, 3.8) is 0 Å². The molecule has 3 rings (SSSR count). The molecule has 0 aliphatic heterocycles. The van der Waals surface area contributed by atoms with Crippen molar-refractivity contribution in [2.75, 3.05) is 19.3 Å². The summed E-state index contributed by atoms with van der Waals surface area (Å²) >= 11 is 7.57. The molecule has 0 aliphatic rings. The molecule has 2 aromatic carbocycles. The van der Waals surface area contributed by atoms with Crippen LogP contribution in [0.3, 0.4) is 0 Å². The fraction of sp³-hybridized carbons (Fsp3) is 0.250. The lowest BCUT2D eigenvalue weighted by Crippen LogP contribution is -2.39. The van der Waals surface area contributed by atoms with Crippen LogP contribution in [0.5, 0.6) is 0 Å². The van der Waals surface area contributed by atoms with Crippen molar-refractivity contribution >= 4 is 29.4 Å². The van der Waals surface area contributed by atoms with Gasteiger partial charge in [-0.25, -0.2) is 14.5 Å². The molecule has 0 bridgehead atoms. The number of amides is 2. The second-order valence-electron chi connectivity index (χ2n) is 6.25. The van der Waals surface area contributed by atoms with Gasteiger partial charge in [0.05, 0.1) is 11.7 Å². The van der Waals surface area contributed by atoms with Gasteiger partial charge in [0.25, 0.3) is 0 Å². The lowest BCUT2D eigenvalue weighted by atomic mass is 10.1. The number of halogens is 1. The predicted molar refractivity (Wildman–Crippen MR) is 113 cm³/mol. The summed E-state index contributed by atoms with van der Waals surface area (Å²) in [5.41, 5.74) is 1.98. The van der Waals surface area contributed by atoms with E-state index in [9.17, 15) is 4.79 Å². The third-order valence-electron chi connectivity index (χ3n) is 4.42. The first-order valence-electron chi connectivity index (χ1n) is 8.88. The highest BCUT2D eigenvalue weighted by molar-refractivity contribution is 7.99. The van der Waals surface area contributed by atoms with Gasteiger partial charge in [-0.2, -0.15) is 5.10 Å². The van der Waals surface area contributed by atoms with Crippen molar-refractivity contribution < 1.29 is 4.79 Å². The first kappa shape index (κ1) is 20.2. The normalized spacial score (nSPS) is 11.8. The number of hydrogen-bond donors (Lipinski definition) is 1. The van der Waals surface area contributed by atoms with Gasteiger partial charge in [0.2, 0.25) is 0 Å². The Balaban J connectivity index is 1.47. The van der Waals surface area contributed by atoms with E-state index in [0.717, 1.165) is 26.9 Å². The highest BCUT2D eigenvalue weighted by atomic mass is 35.5. The molecule has 3 aromatic rings. The van der Waals surface area contributed by atoms with Crippen LogP contribution in [-0.2, 0) is 0 Å². The molecule has 0 aliphatic carbocycles. The fourth-order valence-electron chi connectivity index (χ4n) is 2.63. The van der Waals surface area contributed by atoms with Gasteiger partial charge >= 0.3 is 6.03 Å². The van der Waals surface area contributed by atoms with Crippen LogP contribution in [0.4, 0.5) is 4.79 Å². The van der Waals surface area contributed by atoms with Crippen LogP contribution in [0.2, 0.25) is 5.02 Å². The van der Waals surface area contributed by atoms with Crippen LogP contribution in [0, 0.1) is 0 Å². The first-order chi connectivity index (χ1) is 13.5. The maximum atomic E-state index is 12.4. The van der Waals surface area contributed by atoms with Crippen LogP contribution in [0.1, 0.15) is 18.5 Å². The number of carbonyl (C=O) groups excluding carboxylic acids is 1. The van der Waals surface area contributed by atoms with Gasteiger partial charge in [-0.05, 0) is 48.9 Å². The minimum Gasteiger partial charge on any atom is -0.337 e. The number of thioether (sulfide) groups is 1. The van der Waals surface area contributed by atoms with Crippen molar-refractivity contribution in [1.82, 2.24) is 25.0 Å². The molecular formula is C20H22ClN5OS. The van der Waals surface area contributed by atoms with Crippen molar-refractivity contribution in [3.8, 4) is 5.69 Å². The average Bonchev–Trinajstić information content (AvgIpc) is 3.26. The summed E-state index contributed by atoms with van der Waals surface area (Å²) in [5, 5.41) is 7.81. The molecule has 0 spiro atoms. The van der Waals surface area contributed by atoms with Gasteiger partial charge in [0.1, 0.15) is 12.7 Å². The molecule has 0 saturated heterocycles. The van der Waals surface area contributed by atoms with Crippen molar-refractivity contribution in [2.45, 2.75) is 17.9 Å². The Morgan fingerprint density at radius 3 is 2.57 bits per heavy atom. The smallest absolute Gasteiger partial charge is 0.317 e. The molecule has 146 valence electrons. The molecule has 28 heavy (non-hydrogen) atoms. The number of hydrogen-bond acceptors (Lipinski definition) is 4. The van der Waals surface area contributed by atoms with E-state index in [4.69, 9.17) is 11.6 Å². The van der Waals surface area contributed by atoms with E-state index in [-0.39, 0.29) is 12.1 Å². The lowest BCUT2D eigenvalue weighted by molar-refractivity contribution is 0.195. The number of benzene rings is 2. The largest absolute Gasteiger partial charge is 0.337 e. The van der Waals surface area contributed by atoms with Crippen molar-refractivity contribution in [3.05, 3.63) is 71.8 Å². The molecule has 0 saturated carbocycles. The molecule has 0 unspecified atom stereocenters.